The van der Waals surface area contributed by atoms with Gasteiger partial charge in [-0.1, -0.05) is 6.92 Å². The first kappa shape index (κ1) is 10.8. The van der Waals surface area contributed by atoms with Crippen LogP contribution in [0.3, 0.4) is 0 Å². The van der Waals surface area contributed by atoms with Crippen molar-refractivity contribution in [3.05, 3.63) is 23.7 Å². The summed E-state index contributed by atoms with van der Waals surface area (Å²) in [6.07, 6.45) is 0. The van der Waals surface area contributed by atoms with Gasteiger partial charge in [0.1, 0.15) is 11.5 Å². The first-order chi connectivity index (χ1) is 6.59. The summed E-state index contributed by atoms with van der Waals surface area (Å²) in [5.41, 5.74) is 5.12. The molecular weight excluding hydrogens is 180 g/mol. The summed E-state index contributed by atoms with van der Waals surface area (Å²) in [5.74, 6) is 1.34. The molecule has 0 aliphatic carbocycles. The van der Waals surface area contributed by atoms with E-state index in [1.54, 1.807) is 6.92 Å². The Labute approximate surface area is 83.5 Å². The van der Waals surface area contributed by atoms with Crippen LogP contribution in [0.25, 0.3) is 0 Å². The molecule has 3 N–H and O–H groups in total. The molecule has 14 heavy (non-hydrogen) atoms. The third kappa shape index (κ3) is 3.22. The second-order valence-corrected chi connectivity index (χ2v) is 3.45. The molecule has 0 fully saturated rings. The molecule has 0 radical (unpaired) electrons. The van der Waals surface area contributed by atoms with E-state index in [2.05, 4.69) is 5.32 Å². The monoisotopic (exact) mass is 196 g/mol. The van der Waals surface area contributed by atoms with Crippen LogP contribution in [0.1, 0.15) is 18.4 Å². The largest absolute Gasteiger partial charge is 0.465 e. The van der Waals surface area contributed by atoms with Crippen LogP contribution >= 0.6 is 0 Å². The van der Waals surface area contributed by atoms with E-state index in [1.807, 2.05) is 19.1 Å². The van der Waals surface area contributed by atoms with E-state index in [0.29, 0.717) is 13.1 Å². The molecule has 0 aromatic carbocycles. The summed E-state index contributed by atoms with van der Waals surface area (Å²) < 4.78 is 5.35. The minimum absolute atomic E-state index is 0.147. The van der Waals surface area contributed by atoms with Crippen molar-refractivity contribution in [2.24, 2.45) is 11.7 Å². The molecular formula is C10H16N2O2. The fourth-order valence-corrected chi connectivity index (χ4v) is 1.09. The van der Waals surface area contributed by atoms with Crippen molar-refractivity contribution in [1.82, 2.24) is 5.32 Å². The summed E-state index contributed by atoms with van der Waals surface area (Å²) in [5, 5.41) is 3.10. The number of carbonyl (C=O) groups is 1. The molecule has 78 valence electrons. The lowest BCUT2D eigenvalue weighted by molar-refractivity contribution is -0.121. The van der Waals surface area contributed by atoms with Crippen molar-refractivity contribution in [2.45, 2.75) is 20.4 Å². The van der Waals surface area contributed by atoms with Crippen molar-refractivity contribution >= 4 is 5.91 Å². The summed E-state index contributed by atoms with van der Waals surface area (Å²) in [6, 6.07) is 3.83. The Kier molecular flexibility index (Phi) is 3.71. The highest BCUT2D eigenvalue weighted by molar-refractivity contribution is 5.76. The van der Waals surface area contributed by atoms with Crippen molar-refractivity contribution in [1.29, 1.82) is 0 Å². The molecule has 1 aromatic rings. The van der Waals surface area contributed by atoms with Crippen molar-refractivity contribution in [3.63, 3.8) is 0 Å². The van der Waals surface area contributed by atoms with Gasteiger partial charge in [-0.3, -0.25) is 4.79 Å². The van der Waals surface area contributed by atoms with E-state index in [1.165, 1.54) is 0 Å². The van der Waals surface area contributed by atoms with E-state index >= 15 is 0 Å². The summed E-state index contributed by atoms with van der Waals surface area (Å²) in [4.78, 5) is 10.7. The topological polar surface area (TPSA) is 68.3 Å². The summed E-state index contributed by atoms with van der Waals surface area (Å²) in [7, 11) is 0. The average molecular weight is 196 g/mol. The van der Waals surface area contributed by atoms with Gasteiger partial charge in [-0.2, -0.15) is 0 Å². The van der Waals surface area contributed by atoms with Gasteiger partial charge in [-0.05, 0) is 19.1 Å². The minimum Gasteiger partial charge on any atom is -0.465 e. The average Bonchev–Trinajstić information content (AvgIpc) is 2.51. The quantitative estimate of drug-likeness (QED) is 0.732. The molecule has 0 bridgehead atoms. The van der Waals surface area contributed by atoms with E-state index in [0.717, 1.165) is 11.5 Å². The number of aryl methyl sites for hydroxylation is 1. The Bertz CT molecular complexity index is 307. The Morgan fingerprint density at radius 3 is 2.86 bits per heavy atom. The number of carbonyl (C=O) groups excluding carboxylic acids is 1. The zero-order valence-corrected chi connectivity index (χ0v) is 8.54. The number of hydrogen-bond donors (Lipinski definition) is 2. The molecule has 1 atom stereocenters. The number of nitrogens with one attached hydrogen (secondary N) is 1. The maximum absolute atomic E-state index is 10.7. The molecule has 4 heteroatoms. The summed E-state index contributed by atoms with van der Waals surface area (Å²) in [6.45, 7) is 4.90. The van der Waals surface area contributed by atoms with Crippen LogP contribution in [-0.2, 0) is 11.3 Å². The van der Waals surface area contributed by atoms with Crippen molar-refractivity contribution in [2.75, 3.05) is 6.54 Å². The number of amides is 1. The lowest BCUT2D eigenvalue weighted by Gasteiger charge is -2.07. The molecule has 0 aliphatic rings. The molecule has 0 spiro atoms. The van der Waals surface area contributed by atoms with Gasteiger partial charge >= 0.3 is 0 Å². The molecule has 1 heterocycles. The van der Waals surface area contributed by atoms with Gasteiger partial charge < -0.3 is 15.5 Å². The maximum Gasteiger partial charge on any atom is 0.221 e. The lowest BCUT2D eigenvalue weighted by atomic mass is 10.2. The van der Waals surface area contributed by atoms with Gasteiger partial charge in [0.25, 0.3) is 0 Å². The Morgan fingerprint density at radius 1 is 1.64 bits per heavy atom. The van der Waals surface area contributed by atoms with E-state index in [-0.39, 0.29) is 11.8 Å². The third-order valence-electron chi connectivity index (χ3n) is 2.03. The zero-order chi connectivity index (χ0) is 10.6. The van der Waals surface area contributed by atoms with Gasteiger partial charge in [-0.25, -0.2) is 0 Å². The van der Waals surface area contributed by atoms with E-state index in [4.69, 9.17) is 10.2 Å². The van der Waals surface area contributed by atoms with Crippen LogP contribution < -0.4 is 11.1 Å². The molecule has 1 unspecified atom stereocenters. The summed E-state index contributed by atoms with van der Waals surface area (Å²) >= 11 is 0. The molecule has 0 saturated carbocycles. The molecule has 1 aromatic heterocycles. The highest BCUT2D eigenvalue weighted by Gasteiger charge is 2.07. The smallest absolute Gasteiger partial charge is 0.221 e. The maximum atomic E-state index is 10.7. The number of hydrogen-bond acceptors (Lipinski definition) is 3. The fraction of sp³-hybridized carbons (Fsp3) is 0.500. The van der Waals surface area contributed by atoms with E-state index < -0.39 is 0 Å². The lowest BCUT2D eigenvalue weighted by Crippen LogP contribution is -2.30. The van der Waals surface area contributed by atoms with Crippen molar-refractivity contribution < 1.29 is 9.21 Å². The standard InChI is InChI=1S/C10H16N2O2/c1-7(10(11)13)5-12-6-9-4-3-8(2)14-9/h3-4,7,12H,5-6H2,1-2H3,(H2,11,13). The third-order valence-corrected chi connectivity index (χ3v) is 2.03. The Morgan fingerprint density at radius 2 is 2.36 bits per heavy atom. The molecule has 1 amide bonds. The molecule has 4 nitrogen and oxygen atoms in total. The van der Waals surface area contributed by atoms with Crippen LogP contribution in [0.4, 0.5) is 0 Å². The Balaban J connectivity index is 2.25. The van der Waals surface area contributed by atoms with Gasteiger partial charge in [0.05, 0.1) is 6.54 Å². The van der Waals surface area contributed by atoms with Crippen LogP contribution in [0.2, 0.25) is 0 Å². The normalized spacial score (nSPS) is 12.7. The number of nitrogens with two attached hydrogens (primary N) is 1. The van der Waals surface area contributed by atoms with Gasteiger partial charge in [0, 0.05) is 12.5 Å². The van der Waals surface area contributed by atoms with E-state index in [9.17, 15) is 4.79 Å². The van der Waals surface area contributed by atoms with Gasteiger partial charge in [0.2, 0.25) is 5.91 Å². The molecule has 0 saturated heterocycles. The van der Waals surface area contributed by atoms with Crippen LogP contribution in [0, 0.1) is 12.8 Å². The van der Waals surface area contributed by atoms with Gasteiger partial charge in [0.15, 0.2) is 0 Å². The molecule has 0 aliphatic heterocycles. The van der Waals surface area contributed by atoms with Gasteiger partial charge in [-0.15, -0.1) is 0 Å². The highest BCUT2D eigenvalue weighted by atomic mass is 16.3. The number of furan rings is 1. The Hall–Kier alpha value is -1.29. The second-order valence-electron chi connectivity index (χ2n) is 3.45. The minimum atomic E-state index is -0.284. The van der Waals surface area contributed by atoms with Crippen LogP contribution in [0.5, 0.6) is 0 Å². The first-order valence-corrected chi connectivity index (χ1v) is 4.65. The SMILES string of the molecule is Cc1ccc(CNCC(C)C(N)=O)o1. The molecule has 1 rings (SSSR count). The fourth-order valence-electron chi connectivity index (χ4n) is 1.09. The highest BCUT2D eigenvalue weighted by Crippen LogP contribution is 2.05. The number of primary amides is 1. The van der Waals surface area contributed by atoms with Crippen LogP contribution in [0.15, 0.2) is 16.5 Å². The zero-order valence-electron chi connectivity index (χ0n) is 8.54. The first-order valence-electron chi connectivity index (χ1n) is 4.65. The number of rotatable bonds is 5. The van der Waals surface area contributed by atoms with Crippen LogP contribution in [-0.4, -0.2) is 12.5 Å². The predicted octanol–water partition coefficient (Wildman–Crippen LogP) is 0.799. The second kappa shape index (κ2) is 4.81. The van der Waals surface area contributed by atoms with Crippen molar-refractivity contribution in [3.8, 4) is 0 Å². The predicted molar refractivity (Wildman–Crippen MR) is 53.5 cm³/mol.